The van der Waals surface area contributed by atoms with E-state index in [1.165, 1.54) is 12.1 Å². The number of halogens is 4. The van der Waals surface area contributed by atoms with Crippen molar-refractivity contribution >= 4 is 59.4 Å². The van der Waals surface area contributed by atoms with Crippen LogP contribution in [0.3, 0.4) is 0 Å². The van der Waals surface area contributed by atoms with Gasteiger partial charge in [-0.05, 0) is 228 Å². The predicted molar refractivity (Wildman–Crippen MR) is 316 cm³/mol. The molecule has 2 aromatic rings. The Morgan fingerprint density at radius 1 is 0.542 bits per heavy atom. The molecule has 15 nitrogen and oxygen atoms in total. The first-order chi connectivity index (χ1) is 39.0. The number of rotatable bonds is 24. The largest absolute Gasteiger partial charge is 0.489 e. The minimum atomic E-state index is -3.50. The first-order valence-electron chi connectivity index (χ1n) is 29.1. The van der Waals surface area contributed by atoms with Crippen molar-refractivity contribution in [2.45, 2.75) is 202 Å². The summed E-state index contributed by atoms with van der Waals surface area (Å²) >= 11 is 3.13. The molecule has 8 saturated carbocycles. The van der Waals surface area contributed by atoms with Gasteiger partial charge in [0.25, 0.3) is 0 Å². The van der Waals surface area contributed by atoms with Crippen molar-refractivity contribution in [2.24, 2.45) is 28.4 Å². The second-order valence-electron chi connectivity index (χ2n) is 25.9. The number of hydrogen-bond acceptors (Lipinski definition) is 13. The van der Waals surface area contributed by atoms with Crippen LogP contribution in [0, 0.1) is 22.7 Å². The molecule has 0 unspecified atom stereocenters. The quantitative estimate of drug-likeness (QED) is 0.0658. The SMILES string of the molecule is CC(C)(C)OC(=O)CC/C(=C/F)COc1ccc(S(=O)(=O)CC23CCC(NC(=O)C4CC4)(CC2)CC3)cc1.CC(C)(C)OC(=O)CCC(=CF)CBr.NC/C(=C/F)COc1ccc(S(=O)(=O)CC23CCC(NC(=O)C4CC4)(CC2)CC3)cc1. The Hall–Kier alpha value is -4.73. The number of nitrogens with two attached hydrogens (primary N) is 1. The number of allylic oxidation sites excluding steroid dienone is 1. The number of nitrogens with one attached hydrogen (secondary N) is 2. The highest BCUT2D eigenvalue weighted by Gasteiger charge is 2.53. The Balaban J connectivity index is 0.000000220. The van der Waals surface area contributed by atoms with Crippen molar-refractivity contribution in [3.63, 3.8) is 0 Å². The summed E-state index contributed by atoms with van der Waals surface area (Å²) in [5.74, 6) is 1.17. The molecule has 4 bridgehead atoms. The molecule has 0 heterocycles. The van der Waals surface area contributed by atoms with Gasteiger partial charge in [0.15, 0.2) is 19.7 Å². The van der Waals surface area contributed by atoms with Gasteiger partial charge in [0.05, 0.1) is 40.3 Å². The second kappa shape index (κ2) is 28.6. The smallest absolute Gasteiger partial charge is 0.306 e. The van der Waals surface area contributed by atoms with Crippen LogP contribution in [-0.2, 0) is 48.3 Å². The monoisotopic (exact) mass is 1270 g/mol. The lowest BCUT2D eigenvalue weighted by Gasteiger charge is -2.53. The summed E-state index contributed by atoms with van der Waals surface area (Å²) in [5, 5.41) is 7.03. The van der Waals surface area contributed by atoms with E-state index in [4.69, 9.17) is 24.7 Å². The minimum absolute atomic E-state index is 0.0290. The average molecular weight is 1270 g/mol. The Kier molecular flexibility index (Phi) is 23.3. The lowest BCUT2D eigenvalue weighted by molar-refractivity contribution is -0.155. The molecule has 0 aromatic heterocycles. The lowest BCUT2D eigenvalue weighted by Crippen LogP contribution is -2.58. The first-order valence-corrected chi connectivity index (χ1v) is 33.5. The summed E-state index contributed by atoms with van der Waals surface area (Å²) in [6.07, 6.45) is 16.2. The fourth-order valence-corrected chi connectivity index (χ4v) is 15.6. The summed E-state index contributed by atoms with van der Waals surface area (Å²) in [6.45, 7) is 10.8. The Bertz CT molecular complexity index is 2840. The molecule has 2 aromatic carbocycles. The van der Waals surface area contributed by atoms with Crippen molar-refractivity contribution in [1.29, 1.82) is 0 Å². The molecule has 8 aliphatic carbocycles. The van der Waals surface area contributed by atoms with Crippen LogP contribution >= 0.6 is 15.9 Å². The van der Waals surface area contributed by atoms with Crippen molar-refractivity contribution in [1.82, 2.24) is 10.6 Å². The average Bonchev–Trinajstić information content (AvgIpc) is 3.85. The summed E-state index contributed by atoms with van der Waals surface area (Å²) in [5.41, 5.74) is 4.83. The zero-order chi connectivity index (χ0) is 60.9. The molecule has 10 rings (SSSR count). The molecule has 8 fully saturated rings. The van der Waals surface area contributed by atoms with E-state index in [9.17, 15) is 49.2 Å². The molecule has 83 heavy (non-hydrogen) atoms. The van der Waals surface area contributed by atoms with E-state index < -0.39 is 36.8 Å². The van der Waals surface area contributed by atoms with Gasteiger partial charge in [-0.3, -0.25) is 19.2 Å². The van der Waals surface area contributed by atoms with Gasteiger partial charge in [0, 0.05) is 53.2 Å². The van der Waals surface area contributed by atoms with Gasteiger partial charge in [-0.2, -0.15) is 0 Å². The summed E-state index contributed by atoms with van der Waals surface area (Å²) in [4.78, 5) is 48.2. The van der Waals surface area contributed by atoms with Crippen molar-refractivity contribution in [2.75, 3.05) is 36.6 Å². The van der Waals surface area contributed by atoms with Gasteiger partial charge in [0.1, 0.15) is 35.9 Å². The zero-order valence-electron chi connectivity index (χ0n) is 49.2. The molecule has 0 aliphatic heterocycles. The minimum Gasteiger partial charge on any atom is -0.489 e. The van der Waals surface area contributed by atoms with E-state index in [-0.39, 0.29) is 112 Å². The number of amides is 2. The molecule has 2 amide bonds. The van der Waals surface area contributed by atoms with Crippen LogP contribution < -0.4 is 25.8 Å². The fraction of sp³-hybridized carbons (Fsp3) is 0.645. The maximum Gasteiger partial charge on any atom is 0.306 e. The number of carbonyl (C=O) groups excluding carboxylic acids is 4. The predicted octanol–water partition coefficient (Wildman–Crippen LogP) is 12.1. The topological polar surface area (TPSA) is 224 Å². The van der Waals surface area contributed by atoms with Crippen LogP contribution in [0.2, 0.25) is 0 Å². The molecule has 0 spiro atoms. The molecule has 4 N–H and O–H groups in total. The Morgan fingerprint density at radius 2 is 0.867 bits per heavy atom. The van der Waals surface area contributed by atoms with Crippen molar-refractivity contribution in [3.05, 3.63) is 84.2 Å². The van der Waals surface area contributed by atoms with Crippen LogP contribution in [0.4, 0.5) is 13.2 Å². The van der Waals surface area contributed by atoms with Crippen LogP contribution in [0.5, 0.6) is 11.5 Å². The Labute approximate surface area is 498 Å². The molecule has 21 heteroatoms. The lowest BCUT2D eigenvalue weighted by atomic mass is 9.58. The van der Waals surface area contributed by atoms with E-state index in [1.54, 1.807) is 77.9 Å². The molecule has 0 radical (unpaired) electrons. The molecule has 8 aliphatic rings. The highest BCUT2D eigenvalue weighted by molar-refractivity contribution is 9.09. The Morgan fingerprint density at radius 3 is 1.16 bits per heavy atom. The van der Waals surface area contributed by atoms with Crippen LogP contribution in [0.15, 0.2) is 94.0 Å². The number of benzene rings is 2. The summed E-state index contributed by atoms with van der Waals surface area (Å²) < 4.78 is 112. The van der Waals surface area contributed by atoms with E-state index in [0.29, 0.717) is 59.0 Å². The third-order valence-corrected chi connectivity index (χ3v) is 21.4. The number of fused-ring (bicyclic) bond motifs is 6. The highest BCUT2D eigenvalue weighted by atomic mass is 79.9. The van der Waals surface area contributed by atoms with E-state index in [1.807, 2.05) is 0 Å². The van der Waals surface area contributed by atoms with Crippen LogP contribution in [-0.4, -0.2) is 99.5 Å². The van der Waals surface area contributed by atoms with Crippen LogP contribution in [0.25, 0.3) is 0 Å². The molecular weight excluding hydrogens is 1180 g/mol. The summed E-state index contributed by atoms with van der Waals surface area (Å²) in [7, 11) is -6.95. The van der Waals surface area contributed by atoms with Crippen molar-refractivity contribution < 1.29 is 68.1 Å². The number of esters is 2. The number of ether oxygens (including phenoxy) is 4. The third-order valence-electron chi connectivity index (χ3n) is 16.7. The van der Waals surface area contributed by atoms with E-state index in [2.05, 4.69) is 26.6 Å². The first kappa shape index (κ1) is 67.4. The highest BCUT2D eigenvalue weighted by Crippen LogP contribution is 2.55. The van der Waals surface area contributed by atoms with E-state index >= 15 is 0 Å². The molecular formula is C62H87BrF3N3O12S2. The van der Waals surface area contributed by atoms with Gasteiger partial charge in [-0.1, -0.05) is 15.9 Å². The van der Waals surface area contributed by atoms with Gasteiger partial charge < -0.3 is 35.3 Å². The number of hydrogen-bond donors (Lipinski definition) is 3. The van der Waals surface area contributed by atoms with Crippen LogP contribution in [0.1, 0.15) is 170 Å². The molecule has 0 saturated heterocycles. The van der Waals surface area contributed by atoms with Gasteiger partial charge in [0.2, 0.25) is 11.8 Å². The number of carbonyl (C=O) groups is 4. The normalized spacial score (nSPS) is 24.5. The van der Waals surface area contributed by atoms with Gasteiger partial charge in [-0.15, -0.1) is 0 Å². The molecule has 0 atom stereocenters. The maximum atomic E-state index is 13.3. The number of alkyl halides is 1. The maximum absolute atomic E-state index is 13.3. The fourth-order valence-electron chi connectivity index (χ4n) is 11.3. The third kappa shape index (κ3) is 20.7. The van der Waals surface area contributed by atoms with E-state index in [0.717, 1.165) is 103 Å². The standard InChI is InChI=1S/C29H40FNO6S.C23H31FN2O4S.C10H16BrFO2/c1-27(2,3)37-25(32)11-4-21(18-30)19-36-23-7-9-24(10-8-23)38(34,35)20-28-12-15-29(16-13-28,17-14-28)31-26(33)22-5-6-22;24-13-17(14-25)15-30-19-3-5-20(6-4-19)31(28,29)16-22-7-10-23(11-8-22,12-9-22)26-21(27)18-1-2-18;1-10(2,3)14-9(13)5-4-8(6-11)7-12/h7-10,18,22H,4-6,11-17,19-20H2,1-3H3,(H,31,33);3-6,13,18H,1-2,7-12,14-16,25H2,(H,26,27);7H,4-6H2,1-3H3/b21-18-;17-13-;. The zero-order valence-corrected chi connectivity index (χ0v) is 52.4. The summed E-state index contributed by atoms with van der Waals surface area (Å²) in [6, 6.07) is 12.5. The molecule has 462 valence electrons. The second-order valence-corrected chi connectivity index (χ2v) is 30.5. The van der Waals surface area contributed by atoms with Gasteiger partial charge in [-0.25, -0.2) is 30.0 Å². The van der Waals surface area contributed by atoms with Crippen molar-refractivity contribution in [3.8, 4) is 11.5 Å². The van der Waals surface area contributed by atoms with Gasteiger partial charge >= 0.3 is 11.9 Å². The number of sulfone groups is 2.